The summed E-state index contributed by atoms with van der Waals surface area (Å²) in [5.74, 6) is 0. The highest BCUT2D eigenvalue weighted by Gasteiger charge is 2.47. The first kappa shape index (κ1) is 9.77. The Bertz CT molecular complexity index is 236. The molecule has 2 amide bonds. The fraction of sp³-hybridized carbons (Fsp3) is 0.900. The molecule has 0 saturated carbocycles. The Kier molecular flexibility index (Phi) is 2.39. The summed E-state index contributed by atoms with van der Waals surface area (Å²) in [6.07, 6.45) is 2.31. The number of urea groups is 1. The van der Waals surface area contributed by atoms with Gasteiger partial charge in [0.2, 0.25) is 0 Å². The average molecular weight is 197 g/mol. The molecule has 0 radical (unpaired) electrons. The molecule has 2 fully saturated rings. The topological polar surface area (TPSA) is 35.6 Å². The van der Waals surface area contributed by atoms with Crippen molar-refractivity contribution in [2.75, 3.05) is 33.2 Å². The van der Waals surface area contributed by atoms with Crippen molar-refractivity contribution >= 4 is 6.03 Å². The van der Waals surface area contributed by atoms with Crippen LogP contribution in [0.3, 0.4) is 0 Å². The quantitative estimate of drug-likeness (QED) is 0.664. The molecule has 2 saturated heterocycles. The van der Waals surface area contributed by atoms with E-state index in [0.717, 1.165) is 32.6 Å². The van der Waals surface area contributed by atoms with Gasteiger partial charge in [-0.25, -0.2) is 4.79 Å². The molecule has 2 aliphatic heterocycles. The first-order valence-corrected chi connectivity index (χ1v) is 5.43. The molecule has 0 bridgehead atoms. The molecule has 0 aromatic heterocycles. The minimum atomic E-state index is 0.0747. The van der Waals surface area contributed by atoms with E-state index >= 15 is 0 Å². The van der Waals surface area contributed by atoms with Gasteiger partial charge in [-0.05, 0) is 26.3 Å². The molecule has 1 N–H and O–H groups in total. The number of hydrogen-bond acceptors (Lipinski definition) is 2. The number of nitrogens with one attached hydrogen (secondary N) is 1. The van der Waals surface area contributed by atoms with Gasteiger partial charge < -0.3 is 15.1 Å². The Labute approximate surface area is 85.2 Å². The molecule has 0 aromatic carbocycles. The summed E-state index contributed by atoms with van der Waals surface area (Å²) >= 11 is 0. The lowest BCUT2D eigenvalue weighted by Crippen LogP contribution is -2.55. The normalized spacial score (nSPS) is 33.1. The predicted molar refractivity (Wildman–Crippen MR) is 55.2 cm³/mol. The van der Waals surface area contributed by atoms with Gasteiger partial charge in [-0.15, -0.1) is 0 Å². The average Bonchev–Trinajstić information content (AvgIpc) is 2.45. The van der Waals surface area contributed by atoms with E-state index in [9.17, 15) is 4.79 Å². The van der Waals surface area contributed by atoms with E-state index in [2.05, 4.69) is 5.32 Å². The van der Waals surface area contributed by atoms with Crippen LogP contribution in [0.5, 0.6) is 0 Å². The van der Waals surface area contributed by atoms with Crippen molar-refractivity contribution in [3.05, 3.63) is 0 Å². The van der Waals surface area contributed by atoms with Gasteiger partial charge in [0, 0.05) is 26.7 Å². The third-order valence-corrected chi connectivity index (χ3v) is 3.59. The number of amides is 2. The molecule has 4 heteroatoms. The van der Waals surface area contributed by atoms with Gasteiger partial charge in [0.15, 0.2) is 0 Å². The molecule has 0 aromatic rings. The molecule has 2 rings (SSSR count). The van der Waals surface area contributed by atoms with E-state index < -0.39 is 0 Å². The number of likely N-dealkylation sites (N-methyl/N-ethyl adjacent to an activating group) is 2. The highest BCUT2D eigenvalue weighted by molar-refractivity contribution is 5.78. The van der Waals surface area contributed by atoms with Crippen LogP contribution < -0.4 is 5.32 Å². The van der Waals surface area contributed by atoms with Crippen LogP contribution in [0.15, 0.2) is 0 Å². The lowest BCUT2D eigenvalue weighted by Gasteiger charge is -2.38. The van der Waals surface area contributed by atoms with E-state index in [1.54, 1.807) is 0 Å². The van der Waals surface area contributed by atoms with Crippen molar-refractivity contribution in [3.8, 4) is 0 Å². The fourth-order valence-corrected chi connectivity index (χ4v) is 2.56. The van der Waals surface area contributed by atoms with Crippen LogP contribution in [0.4, 0.5) is 4.79 Å². The van der Waals surface area contributed by atoms with Gasteiger partial charge in [0.05, 0.1) is 5.54 Å². The molecule has 0 aliphatic carbocycles. The van der Waals surface area contributed by atoms with Gasteiger partial charge in [-0.1, -0.05) is 0 Å². The van der Waals surface area contributed by atoms with Crippen molar-refractivity contribution in [1.82, 2.24) is 15.1 Å². The molecular weight excluding hydrogens is 178 g/mol. The standard InChI is InChI=1S/C10H19N3O/c1-3-13-8-10(12(2)9(13)14)5-4-6-11-7-10/h11H,3-8H2,1-2H3. The smallest absolute Gasteiger partial charge is 0.320 e. The zero-order valence-corrected chi connectivity index (χ0v) is 9.05. The number of piperidine rings is 1. The zero-order chi connectivity index (χ0) is 10.2. The van der Waals surface area contributed by atoms with Crippen molar-refractivity contribution in [3.63, 3.8) is 0 Å². The third kappa shape index (κ3) is 1.29. The van der Waals surface area contributed by atoms with E-state index in [1.807, 2.05) is 23.8 Å². The summed E-state index contributed by atoms with van der Waals surface area (Å²) in [6, 6.07) is 0.191. The van der Waals surface area contributed by atoms with Gasteiger partial charge in [0.25, 0.3) is 0 Å². The lowest BCUT2D eigenvalue weighted by atomic mass is 9.90. The Morgan fingerprint density at radius 1 is 1.57 bits per heavy atom. The minimum Gasteiger partial charge on any atom is -0.323 e. The van der Waals surface area contributed by atoms with E-state index in [-0.39, 0.29) is 11.6 Å². The Morgan fingerprint density at radius 3 is 2.86 bits per heavy atom. The number of nitrogens with zero attached hydrogens (tertiary/aromatic N) is 2. The van der Waals surface area contributed by atoms with Gasteiger partial charge in [0.1, 0.15) is 0 Å². The number of carbonyl (C=O) groups excluding carboxylic acids is 1. The molecular formula is C10H19N3O. The molecule has 2 heterocycles. The van der Waals surface area contributed by atoms with Crippen molar-refractivity contribution in [1.29, 1.82) is 0 Å². The molecule has 14 heavy (non-hydrogen) atoms. The van der Waals surface area contributed by atoms with Gasteiger partial charge >= 0.3 is 6.03 Å². The summed E-state index contributed by atoms with van der Waals surface area (Å²) < 4.78 is 0. The minimum absolute atomic E-state index is 0.0747. The van der Waals surface area contributed by atoms with Crippen molar-refractivity contribution < 1.29 is 4.79 Å². The zero-order valence-electron chi connectivity index (χ0n) is 9.05. The van der Waals surface area contributed by atoms with Crippen molar-refractivity contribution in [2.45, 2.75) is 25.3 Å². The highest BCUT2D eigenvalue weighted by Crippen LogP contribution is 2.30. The first-order chi connectivity index (χ1) is 6.69. The maximum atomic E-state index is 11.8. The highest BCUT2D eigenvalue weighted by atomic mass is 16.2. The number of carbonyl (C=O) groups is 1. The Balaban J connectivity index is 2.16. The Morgan fingerprint density at radius 2 is 2.36 bits per heavy atom. The van der Waals surface area contributed by atoms with Crippen molar-refractivity contribution in [2.24, 2.45) is 0 Å². The summed E-state index contributed by atoms with van der Waals surface area (Å²) in [5, 5.41) is 3.39. The van der Waals surface area contributed by atoms with Crippen LogP contribution in [-0.2, 0) is 0 Å². The van der Waals surface area contributed by atoms with Crippen LogP contribution >= 0.6 is 0 Å². The SMILES string of the molecule is CCN1CC2(CCCNC2)N(C)C1=O. The lowest BCUT2D eigenvalue weighted by molar-refractivity contribution is 0.152. The summed E-state index contributed by atoms with van der Waals surface area (Å²) in [5.41, 5.74) is 0.0747. The van der Waals surface area contributed by atoms with Gasteiger partial charge in [-0.2, -0.15) is 0 Å². The number of hydrogen-bond donors (Lipinski definition) is 1. The largest absolute Gasteiger partial charge is 0.323 e. The summed E-state index contributed by atoms with van der Waals surface area (Å²) in [7, 11) is 1.94. The van der Waals surface area contributed by atoms with Crippen LogP contribution in [0, 0.1) is 0 Å². The first-order valence-electron chi connectivity index (χ1n) is 5.43. The molecule has 80 valence electrons. The fourth-order valence-electron chi connectivity index (χ4n) is 2.56. The molecule has 1 unspecified atom stereocenters. The monoisotopic (exact) mass is 197 g/mol. The Hall–Kier alpha value is -0.770. The molecule has 2 aliphatic rings. The van der Waals surface area contributed by atoms with Crippen LogP contribution in [-0.4, -0.2) is 54.6 Å². The van der Waals surface area contributed by atoms with E-state index in [4.69, 9.17) is 0 Å². The van der Waals surface area contributed by atoms with Crippen LogP contribution in [0.1, 0.15) is 19.8 Å². The molecule has 1 spiro atoms. The second-order valence-corrected chi connectivity index (χ2v) is 4.36. The molecule has 1 atom stereocenters. The summed E-state index contributed by atoms with van der Waals surface area (Å²) in [4.78, 5) is 15.7. The molecule has 4 nitrogen and oxygen atoms in total. The third-order valence-electron chi connectivity index (χ3n) is 3.59. The van der Waals surface area contributed by atoms with Gasteiger partial charge in [-0.3, -0.25) is 0 Å². The van der Waals surface area contributed by atoms with E-state index in [0.29, 0.717) is 0 Å². The maximum absolute atomic E-state index is 11.8. The summed E-state index contributed by atoms with van der Waals surface area (Å²) in [6.45, 7) is 5.80. The van der Waals surface area contributed by atoms with Crippen LogP contribution in [0.25, 0.3) is 0 Å². The predicted octanol–water partition coefficient (Wildman–Crippen LogP) is 0.496. The van der Waals surface area contributed by atoms with Crippen LogP contribution in [0.2, 0.25) is 0 Å². The maximum Gasteiger partial charge on any atom is 0.320 e. The second-order valence-electron chi connectivity index (χ2n) is 4.36. The second kappa shape index (κ2) is 3.42. The number of rotatable bonds is 1. The van der Waals surface area contributed by atoms with E-state index in [1.165, 1.54) is 6.42 Å².